The number of hydrogen-bond acceptors (Lipinski definition) is 4. The summed E-state index contributed by atoms with van der Waals surface area (Å²) < 4.78 is 28.8. The van der Waals surface area contributed by atoms with Gasteiger partial charge in [0.2, 0.25) is 21.8 Å². The second kappa shape index (κ2) is 9.61. The maximum atomic E-state index is 13.0. The molecule has 1 aromatic rings. The molecule has 0 spiro atoms. The Morgan fingerprint density at radius 1 is 1.06 bits per heavy atom. The van der Waals surface area contributed by atoms with E-state index in [4.69, 9.17) is 0 Å². The molecule has 2 saturated carbocycles. The number of likely N-dealkylation sites (N-methyl/N-ethyl adjacent to an activating group) is 1. The van der Waals surface area contributed by atoms with Crippen LogP contribution in [0, 0.1) is 17.8 Å². The topological polar surface area (TPSA) is 95.6 Å². The summed E-state index contributed by atoms with van der Waals surface area (Å²) in [5, 5.41) is 3.26. The Kier molecular flexibility index (Phi) is 7.11. The van der Waals surface area contributed by atoms with E-state index in [1.54, 1.807) is 30.1 Å². The van der Waals surface area contributed by atoms with Gasteiger partial charge in [-0.3, -0.25) is 9.59 Å². The highest BCUT2D eigenvalue weighted by atomic mass is 32.2. The molecule has 0 radical (unpaired) electrons. The third-order valence-corrected chi connectivity index (χ3v) is 9.72. The fraction of sp³-hybridized carbons (Fsp3) is 0.692. The number of anilines is 1. The molecule has 1 aromatic carbocycles. The molecule has 0 unspecified atom stereocenters. The molecule has 3 aliphatic rings. The predicted molar refractivity (Wildman–Crippen MR) is 133 cm³/mol. The van der Waals surface area contributed by atoms with Crippen LogP contribution in [-0.2, 0) is 25.0 Å². The van der Waals surface area contributed by atoms with E-state index in [2.05, 4.69) is 17.0 Å². The monoisotopic (exact) mass is 489 g/mol. The molecule has 0 bridgehead atoms. The normalized spacial score (nSPS) is 29.1. The summed E-state index contributed by atoms with van der Waals surface area (Å²) in [7, 11) is -1.96. The average molecular weight is 490 g/mol. The molecule has 34 heavy (non-hydrogen) atoms. The Bertz CT molecular complexity index is 1040. The van der Waals surface area contributed by atoms with Crippen LogP contribution in [0.5, 0.6) is 0 Å². The van der Waals surface area contributed by atoms with Crippen molar-refractivity contribution in [2.24, 2.45) is 17.8 Å². The molecule has 7 nitrogen and oxygen atoms in total. The van der Waals surface area contributed by atoms with Gasteiger partial charge in [0.05, 0.1) is 10.3 Å². The van der Waals surface area contributed by atoms with Gasteiger partial charge < -0.3 is 10.2 Å². The van der Waals surface area contributed by atoms with Crippen LogP contribution in [0.1, 0.15) is 77.7 Å². The Hall–Kier alpha value is -1.93. The lowest BCUT2D eigenvalue weighted by Gasteiger charge is -2.31. The fourth-order valence-electron chi connectivity index (χ4n) is 5.78. The Labute approximate surface area is 204 Å². The van der Waals surface area contributed by atoms with Crippen molar-refractivity contribution in [3.63, 3.8) is 0 Å². The van der Waals surface area contributed by atoms with Gasteiger partial charge in [0.25, 0.3) is 0 Å². The Morgan fingerprint density at radius 3 is 2.35 bits per heavy atom. The molecule has 2 N–H and O–H groups in total. The van der Waals surface area contributed by atoms with Crippen LogP contribution in [0.4, 0.5) is 5.69 Å². The maximum absolute atomic E-state index is 13.0. The van der Waals surface area contributed by atoms with Crippen molar-refractivity contribution < 1.29 is 18.0 Å². The second-order valence-electron chi connectivity index (χ2n) is 11.2. The Morgan fingerprint density at radius 2 is 1.71 bits per heavy atom. The molecular formula is C26H39N3O4S. The van der Waals surface area contributed by atoms with Crippen LogP contribution in [-0.4, -0.2) is 39.9 Å². The van der Waals surface area contributed by atoms with E-state index in [1.165, 1.54) is 12.8 Å². The van der Waals surface area contributed by atoms with Crippen molar-refractivity contribution in [2.75, 3.05) is 18.5 Å². The van der Waals surface area contributed by atoms with Crippen LogP contribution >= 0.6 is 0 Å². The lowest BCUT2D eigenvalue weighted by molar-refractivity contribution is -0.127. The zero-order valence-corrected chi connectivity index (χ0v) is 21.7. The number of nitrogens with one attached hydrogen (secondary N) is 2. The first-order valence-corrected chi connectivity index (χ1v) is 14.2. The predicted octanol–water partition coefficient (Wildman–Crippen LogP) is 3.72. The molecule has 0 aromatic heterocycles. The zero-order chi connectivity index (χ0) is 24.7. The lowest BCUT2D eigenvalue weighted by atomic mass is 9.81. The van der Waals surface area contributed by atoms with Gasteiger partial charge in [0.15, 0.2) is 0 Å². The van der Waals surface area contributed by atoms with E-state index >= 15 is 0 Å². The second-order valence-corrected chi connectivity index (χ2v) is 13.0. The lowest BCUT2D eigenvalue weighted by Crippen LogP contribution is -2.42. The number of fused-ring (bicyclic) bond motifs is 1. The van der Waals surface area contributed by atoms with Gasteiger partial charge >= 0.3 is 0 Å². The molecule has 2 aliphatic carbocycles. The molecule has 2 fully saturated rings. The Balaban J connectivity index is 1.29. The van der Waals surface area contributed by atoms with Crippen LogP contribution in [0.25, 0.3) is 0 Å². The highest BCUT2D eigenvalue weighted by Crippen LogP contribution is 2.41. The van der Waals surface area contributed by atoms with Crippen LogP contribution in [0.2, 0.25) is 0 Å². The molecular weight excluding hydrogens is 450 g/mol. The molecule has 2 amide bonds. The molecule has 188 valence electrons. The zero-order valence-electron chi connectivity index (χ0n) is 20.9. The van der Waals surface area contributed by atoms with Crippen molar-refractivity contribution >= 4 is 27.5 Å². The average Bonchev–Trinajstić information content (AvgIpc) is 2.99. The highest BCUT2D eigenvalue weighted by molar-refractivity contribution is 7.89. The summed E-state index contributed by atoms with van der Waals surface area (Å²) in [5.74, 6) is 1.18. The van der Waals surface area contributed by atoms with Crippen LogP contribution < -0.4 is 14.9 Å². The summed E-state index contributed by atoms with van der Waals surface area (Å²) in [5.41, 5.74) is 0.750. The molecule has 8 heteroatoms. The van der Waals surface area contributed by atoms with Crippen LogP contribution in [0.3, 0.4) is 0 Å². The van der Waals surface area contributed by atoms with Gasteiger partial charge in [-0.2, -0.15) is 0 Å². The van der Waals surface area contributed by atoms with E-state index in [0.29, 0.717) is 12.6 Å². The molecule has 0 atom stereocenters. The van der Waals surface area contributed by atoms with Gasteiger partial charge in [0.1, 0.15) is 0 Å². The fourth-order valence-corrected chi connectivity index (χ4v) is 6.92. The maximum Gasteiger partial charge on any atom is 0.240 e. The van der Waals surface area contributed by atoms with Crippen molar-refractivity contribution in [1.82, 2.24) is 10.0 Å². The van der Waals surface area contributed by atoms with E-state index < -0.39 is 15.4 Å². The number of carbonyl (C=O) groups excluding carboxylic acids is 2. The minimum atomic E-state index is -3.68. The number of benzene rings is 1. The largest absolute Gasteiger partial charge is 0.353 e. The number of nitrogens with zero attached hydrogens (tertiary/aromatic N) is 1. The number of amides is 2. The number of sulfonamides is 1. The van der Waals surface area contributed by atoms with E-state index in [0.717, 1.165) is 55.7 Å². The first kappa shape index (κ1) is 25.2. The third kappa shape index (κ3) is 5.03. The smallest absolute Gasteiger partial charge is 0.240 e. The summed E-state index contributed by atoms with van der Waals surface area (Å²) >= 11 is 0. The summed E-state index contributed by atoms with van der Waals surface area (Å²) in [6.45, 7) is 6.30. The minimum absolute atomic E-state index is 0.0381. The minimum Gasteiger partial charge on any atom is -0.353 e. The number of rotatable bonds is 6. The van der Waals surface area contributed by atoms with Crippen LogP contribution in [0.15, 0.2) is 23.1 Å². The summed E-state index contributed by atoms with van der Waals surface area (Å²) in [6.07, 6.45) is 7.84. The highest BCUT2D eigenvalue weighted by Gasteiger charge is 2.42. The van der Waals surface area contributed by atoms with Crippen molar-refractivity contribution in [3.8, 4) is 0 Å². The molecule has 1 heterocycles. The molecule has 0 saturated heterocycles. The van der Waals surface area contributed by atoms with E-state index in [1.807, 2.05) is 13.8 Å². The standard InChI is InChI=1S/C26H39N3O4S/c1-17-5-11-20(12-6-17)28-24(30)19-9-7-18(8-10-19)16-27-34(32,33)21-13-14-23-22(15-21)26(2,3)25(31)29(23)4/h13-15,17-20,27H,5-12,16H2,1-4H3,(H,28,30). The summed E-state index contributed by atoms with van der Waals surface area (Å²) in [6, 6.07) is 5.24. The first-order chi connectivity index (χ1) is 16.0. The van der Waals surface area contributed by atoms with Crippen molar-refractivity contribution in [2.45, 2.75) is 88.5 Å². The third-order valence-electron chi connectivity index (χ3n) is 8.29. The number of hydrogen-bond donors (Lipinski definition) is 2. The quantitative estimate of drug-likeness (QED) is 0.637. The van der Waals surface area contributed by atoms with Gasteiger partial charge in [0, 0.05) is 31.2 Å². The van der Waals surface area contributed by atoms with E-state index in [9.17, 15) is 18.0 Å². The van der Waals surface area contributed by atoms with Gasteiger partial charge in [-0.05, 0) is 101 Å². The van der Waals surface area contributed by atoms with Crippen molar-refractivity contribution in [3.05, 3.63) is 23.8 Å². The first-order valence-electron chi connectivity index (χ1n) is 12.7. The number of carbonyl (C=O) groups is 2. The molecule has 1 aliphatic heterocycles. The van der Waals surface area contributed by atoms with Crippen molar-refractivity contribution in [1.29, 1.82) is 0 Å². The van der Waals surface area contributed by atoms with Gasteiger partial charge in [-0.1, -0.05) is 6.92 Å². The van der Waals surface area contributed by atoms with E-state index in [-0.39, 0.29) is 28.5 Å². The van der Waals surface area contributed by atoms with Gasteiger partial charge in [-0.15, -0.1) is 0 Å². The molecule has 4 rings (SSSR count). The summed E-state index contributed by atoms with van der Waals surface area (Å²) in [4.78, 5) is 27.0. The SMILES string of the molecule is CC1CCC(NC(=O)C2CCC(CNS(=O)(=O)c3ccc4c(c3)C(C)(C)C(=O)N4C)CC2)CC1. The van der Waals surface area contributed by atoms with Gasteiger partial charge in [-0.25, -0.2) is 13.1 Å².